The summed E-state index contributed by atoms with van der Waals surface area (Å²) in [7, 11) is 0. The maximum absolute atomic E-state index is 12.5. The molecule has 1 atom stereocenters. The number of thiophene rings is 1. The molecule has 142 valence electrons. The molecule has 0 aliphatic heterocycles. The van der Waals surface area contributed by atoms with Gasteiger partial charge < -0.3 is 5.32 Å². The third-order valence-electron chi connectivity index (χ3n) is 3.79. The Balaban J connectivity index is 1.87. The van der Waals surface area contributed by atoms with Crippen molar-refractivity contribution in [1.29, 1.82) is 0 Å². The number of carbonyl (C=O) groups excluding carboxylic acids is 1. The van der Waals surface area contributed by atoms with E-state index in [4.69, 9.17) is 0 Å². The Labute approximate surface area is 168 Å². The fraction of sp³-hybridized carbons (Fsp3) is 0.350. The minimum atomic E-state index is -0.265. The molecule has 3 rings (SSSR count). The number of hydrogen-bond acceptors (Lipinski definition) is 5. The highest BCUT2D eigenvalue weighted by Gasteiger charge is 2.24. The lowest BCUT2D eigenvalue weighted by Crippen LogP contribution is -2.44. The van der Waals surface area contributed by atoms with Crippen molar-refractivity contribution in [1.82, 2.24) is 20.1 Å². The molecule has 0 saturated heterocycles. The second-order valence-corrected chi connectivity index (χ2v) is 9.61. The van der Waals surface area contributed by atoms with E-state index >= 15 is 0 Å². The van der Waals surface area contributed by atoms with Gasteiger partial charge in [-0.25, -0.2) is 0 Å². The Morgan fingerprint density at radius 2 is 1.93 bits per heavy atom. The van der Waals surface area contributed by atoms with Gasteiger partial charge in [-0.15, -0.1) is 21.5 Å². The summed E-state index contributed by atoms with van der Waals surface area (Å²) in [5.74, 6) is 0.833. The second kappa shape index (κ2) is 8.27. The number of benzene rings is 1. The topological polar surface area (TPSA) is 59.8 Å². The molecule has 2 heterocycles. The molecule has 0 saturated carbocycles. The third kappa shape index (κ3) is 5.20. The van der Waals surface area contributed by atoms with E-state index in [9.17, 15) is 4.79 Å². The highest BCUT2D eigenvalue weighted by molar-refractivity contribution is 8.00. The molecule has 1 N–H and O–H groups in total. The highest BCUT2D eigenvalue weighted by Crippen LogP contribution is 2.30. The quantitative estimate of drug-likeness (QED) is 0.621. The van der Waals surface area contributed by atoms with Crippen LogP contribution in [0.1, 0.15) is 33.3 Å². The van der Waals surface area contributed by atoms with Gasteiger partial charge in [0.1, 0.15) is 0 Å². The number of hydrogen-bond donors (Lipinski definition) is 1. The minimum Gasteiger partial charge on any atom is -0.351 e. The first-order valence-electron chi connectivity index (χ1n) is 8.83. The summed E-state index contributed by atoms with van der Waals surface area (Å²) in [4.78, 5) is 13.5. The van der Waals surface area contributed by atoms with Crippen molar-refractivity contribution < 1.29 is 4.79 Å². The van der Waals surface area contributed by atoms with Crippen molar-refractivity contribution in [3.63, 3.8) is 0 Å². The zero-order chi connectivity index (χ0) is 19.4. The van der Waals surface area contributed by atoms with Gasteiger partial charge in [-0.1, -0.05) is 48.2 Å². The lowest BCUT2D eigenvalue weighted by atomic mass is 10.1. The van der Waals surface area contributed by atoms with Gasteiger partial charge in [-0.3, -0.25) is 9.36 Å². The van der Waals surface area contributed by atoms with E-state index in [0.717, 1.165) is 15.9 Å². The monoisotopic (exact) mass is 400 g/mol. The van der Waals surface area contributed by atoms with E-state index in [1.165, 1.54) is 17.3 Å². The first-order valence-corrected chi connectivity index (χ1v) is 10.6. The van der Waals surface area contributed by atoms with Gasteiger partial charge in [0.2, 0.25) is 5.91 Å². The van der Waals surface area contributed by atoms with Crippen LogP contribution in [0.5, 0.6) is 0 Å². The molecule has 0 aliphatic carbocycles. The molecular formula is C20H24N4OS2. The Kier molecular flexibility index (Phi) is 6.01. The molecule has 0 aliphatic rings. The number of nitrogens with one attached hydrogen (secondary N) is 1. The standard InChI is InChI=1S/C20H24N4OS2/c1-14(18(25)21-20(2,3)4)27-19-23-22-17(16-11-8-12-26-16)24(19)13-15-9-6-5-7-10-15/h5-12,14H,13H2,1-4H3,(H,21,25)/t14-/m0/s1. The number of rotatable bonds is 6. The van der Waals surface area contributed by atoms with E-state index in [2.05, 4.69) is 32.2 Å². The maximum atomic E-state index is 12.5. The van der Waals surface area contributed by atoms with Gasteiger partial charge in [0.25, 0.3) is 0 Å². The van der Waals surface area contributed by atoms with Gasteiger partial charge in [0.15, 0.2) is 11.0 Å². The Hall–Kier alpha value is -2.12. The van der Waals surface area contributed by atoms with E-state index < -0.39 is 0 Å². The molecule has 2 aromatic heterocycles. The predicted octanol–water partition coefficient (Wildman–Crippen LogP) is 4.45. The van der Waals surface area contributed by atoms with Crippen LogP contribution >= 0.6 is 23.1 Å². The van der Waals surface area contributed by atoms with Gasteiger partial charge in [0.05, 0.1) is 16.7 Å². The average molecular weight is 401 g/mol. The lowest BCUT2D eigenvalue weighted by molar-refractivity contribution is -0.121. The van der Waals surface area contributed by atoms with E-state index in [-0.39, 0.29) is 16.7 Å². The molecule has 5 nitrogen and oxygen atoms in total. The third-order valence-corrected chi connectivity index (χ3v) is 5.74. The Morgan fingerprint density at radius 3 is 2.56 bits per heavy atom. The number of aromatic nitrogens is 3. The molecule has 1 amide bonds. The summed E-state index contributed by atoms with van der Waals surface area (Å²) in [6.45, 7) is 8.51. The molecule has 27 heavy (non-hydrogen) atoms. The van der Waals surface area contributed by atoms with Crippen molar-refractivity contribution in [2.45, 2.75) is 50.2 Å². The number of amides is 1. The molecule has 0 fully saturated rings. The van der Waals surface area contributed by atoms with Crippen molar-refractivity contribution in [3.8, 4) is 10.7 Å². The van der Waals surface area contributed by atoms with E-state index in [1.807, 2.05) is 63.4 Å². The van der Waals surface area contributed by atoms with E-state index in [1.54, 1.807) is 11.3 Å². The molecule has 0 radical (unpaired) electrons. The summed E-state index contributed by atoms with van der Waals surface area (Å²) in [5.41, 5.74) is 0.912. The number of carbonyl (C=O) groups is 1. The summed E-state index contributed by atoms with van der Waals surface area (Å²) < 4.78 is 2.09. The Morgan fingerprint density at radius 1 is 1.19 bits per heavy atom. The zero-order valence-corrected chi connectivity index (χ0v) is 17.6. The molecule has 3 aromatic rings. The molecule has 0 bridgehead atoms. The molecular weight excluding hydrogens is 376 g/mol. The van der Waals surface area contributed by atoms with Crippen LogP contribution in [0.3, 0.4) is 0 Å². The number of nitrogens with zero attached hydrogens (tertiary/aromatic N) is 3. The van der Waals surface area contributed by atoms with Gasteiger partial charge in [-0.05, 0) is 44.7 Å². The smallest absolute Gasteiger partial charge is 0.233 e. The Bertz CT molecular complexity index is 883. The van der Waals surface area contributed by atoms with Crippen LogP contribution in [-0.4, -0.2) is 31.5 Å². The predicted molar refractivity (Wildman–Crippen MR) is 112 cm³/mol. The highest BCUT2D eigenvalue weighted by atomic mass is 32.2. The normalized spacial score (nSPS) is 12.7. The van der Waals surface area contributed by atoms with Crippen molar-refractivity contribution in [2.75, 3.05) is 0 Å². The molecule has 7 heteroatoms. The summed E-state index contributed by atoms with van der Waals surface area (Å²) in [6, 6.07) is 14.3. The molecule has 1 aromatic carbocycles. The largest absolute Gasteiger partial charge is 0.351 e. The van der Waals surface area contributed by atoms with Crippen LogP contribution in [0.15, 0.2) is 53.0 Å². The van der Waals surface area contributed by atoms with E-state index in [0.29, 0.717) is 6.54 Å². The lowest BCUT2D eigenvalue weighted by Gasteiger charge is -2.23. The average Bonchev–Trinajstić information content (AvgIpc) is 3.25. The van der Waals surface area contributed by atoms with Gasteiger partial charge in [-0.2, -0.15) is 0 Å². The fourth-order valence-corrected chi connectivity index (χ4v) is 4.12. The molecule has 0 unspecified atom stereocenters. The summed E-state index contributed by atoms with van der Waals surface area (Å²) in [6.07, 6.45) is 0. The van der Waals surface area contributed by atoms with Crippen LogP contribution in [0, 0.1) is 0 Å². The summed E-state index contributed by atoms with van der Waals surface area (Å²) >= 11 is 3.07. The first kappa shape index (κ1) is 19.6. The van der Waals surface area contributed by atoms with Crippen LogP contribution in [0.25, 0.3) is 10.7 Å². The van der Waals surface area contributed by atoms with Crippen LogP contribution in [0.2, 0.25) is 0 Å². The number of thioether (sulfide) groups is 1. The SMILES string of the molecule is C[C@H](Sc1nnc(-c2cccs2)n1Cc1ccccc1)C(=O)NC(C)(C)C. The first-order chi connectivity index (χ1) is 12.8. The van der Waals surface area contributed by atoms with Crippen LogP contribution in [0.4, 0.5) is 0 Å². The second-order valence-electron chi connectivity index (χ2n) is 7.35. The van der Waals surface area contributed by atoms with Gasteiger partial charge >= 0.3 is 0 Å². The van der Waals surface area contributed by atoms with Gasteiger partial charge in [0, 0.05) is 5.54 Å². The van der Waals surface area contributed by atoms with Crippen molar-refractivity contribution in [2.24, 2.45) is 0 Å². The van der Waals surface area contributed by atoms with Crippen molar-refractivity contribution >= 4 is 29.0 Å². The van der Waals surface area contributed by atoms with Crippen LogP contribution in [-0.2, 0) is 11.3 Å². The summed E-state index contributed by atoms with van der Waals surface area (Å²) in [5, 5.41) is 14.3. The van der Waals surface area contributed by atoms with Crippen molar-refractivity contribution in [3.05, 3.63) is 53.4 Å². The molecule has 0 spiro atoms. The maximum Gasteiger partial charge on any atom is 0.233 e. The van der Waals surface area contributed by atoms with Crippen LogP contribution < -0.4 is 5.32 Å². The zero-order valence-electron chi connectivity index (χ0n) is 16.0. The minimum absolute atomic E-state index is 0.000523. The fourth-order valence-electron chi connectivity index (χ4n) is 2.56.